The molecule has 0 spiro atoms. The number of ether oxygens (including phenoxy) is 1. The molecule has 126 valence electrons. The maximum absolute atomic E-state index is 13.4. The lowest BCUT2D eigenvalue weighted by molar-refractivity contribution is 0.146. The van der Waals surface area contributed by atoms with Crippen LogP contribution in [0.1, 0.15) is 23.4 Å². The Kier molecular flexibility index (Phi) is 4.37. The third kappa shape index (κ3) is 3.17. The number of hydrogen-bond acceptors (Lipinski definition) is 4. The van der Waals surface area contributed by atoms with E-state index in [1.165, 1.54) is 17.2 Å². The quantitative estimate of drug-likeness (QED) is 0.857. The molecule has 5 nitrogen and oxygen atoms in total. The summed E-state index contributed by atoms with van der Waals surface area (Å²) in [5, 5.41) is 0. The second-order valence-corrected chi connectivity index (χ2v) is 5.36. The van der Waals surface area contributed by atoms with Crippen molar-refractivity contribution in [2.75, 3.05) is 13.2 Å². The third-order valence-corrected chi connectivity index (χ3v) is 3.77. The molecule has 1 aromatic heterocycles. The summed E-state index contributed by atoms with van der Waals surface area (Å²) in [4.78, 5) is 21.6. The fourth-order valence-electron chi connectivity index (χ4n) is 2.40. The van der Waals surface area contributed by atoms with Gasteiger partial charge in [-0.2, -0.15) is 0 Å². The van der Waals surface area contributed by atoms with Gasteiger partial charge in [0.25, 0.3) is 6.43 Å². The minimum absolute atomic E-state index is 0.217. The maximum atomic E-state index is 13.4. The monoisotopic (exact) mass is 337 g/mol. The topological polar surface area (TPSA) is 55.3 Å². The molecule has 8 heteroatoms. The van der Waals surface area contributed by atoms with Crippen LogP contribution in [0.25, 0.3) is 11.3 Å². The molecular weight excluding hydrogens is 323 g/mol. The third-order valence-electron chi connectivity index (χ3n) is 3.77. The molecule has 1 fully saturated rings. The van der Waals surface area contributed by atoms with Gasteiger partial charge in [-0.3, -0.25) is 9.88 Å². The molecule has 0 radical (unpaired) electrons. The molecule has 1 aliphatic heterocycles. The molecule has 0 bridgehead atoms. The van der Waals surface area contributed by atoms with Crippen molar-refractivity contribution in [3.05, 3.63) is 47.2 Å². The summed E-state index contributed by atoms with van der Waals surface area (Å²) in [6.07, 6.45) is -1.91. The first-order valence-corrected chi connectivity index (χ1v) is 7.28. The number of aryl methyl sites for hydroxylation is 1. The number of halogens is 3. The number of carbonyl (C=O) groups is 1. The largest absolute Gasteiger partial charge is 0.448 e. The highest BCUT2D eigenvalue weighted by Crippen LogP contribution is 2.27. The highest BCUT2D eigenvalue weighted by molar-refractivity contribution is 5.69. The lowest BCUT2D eigenvalue weighted by Crippen LogP contribution is -2.24. The Balaban J connectivity index is 1.93. The Bertz CT molecular complexity index is 783. The molecule has 0 atom stereocenters. The van der Waals surface area contributed by atoms with Gasteiger partial charge in [-0.05, 0) is 25.1 Å². The first-order chi connectivity index (χ1) is 11.5. The zero-order valence-corrected chi connectivity index (χ0v) is 12.8. The molecule has 1 saturated heterocycles. The number of cyclic esters (lactones) is 1. The smallest absolute Gasteiger partial charge is 0.410 e. The van der Waals surface area contributed by atoms with Crippen LogP contribution < -0.4 is 0 Å². The van der Waals surface area contributed by atoms with E-state index in [0.717, 1.165) is 12.1 Å². The van der Waals surface area contributed by atoms with Gasteiger partial charge in [-0.25, -0.2) is 22.9 Å². The van der Waals surface area contributed by atoms with E-state index in [1.54, 1.807) is 6.92 Å². The standard InChI is InChI=1S/C16H14F3N3O2/c1-9-14(8-22-4-5-24-16(22)23)21-13(7-20-9)10-2-3-12(17)11(6-10)15(18)19/h2-3,6-7,15H,4-5,8H2,1H3. The van der Waals surface area contributed by atoms with Gasteiger partial charge in [0.2, 0.25) is 0 Å². The van der Waals surface area contributed by atoms with Crippen molar-refractivity contribution in [3.8, 4) is 11.3 Å². The fraction of sp³-hybridized carbons (Fsp3) is 0.312. The van der Waals surface area contributed by atoms with Crippen LogP contribution >= 0.6 is 0 Å². The summed E-state index contributed by atoms with van der Waals surface area (Å²) in [5.41, 5.74) is 1.15. The summed E-state index contributed by atoms with van der Waals surface area (Å²) in [5.74, 6) is -0.964. The predicted octanol–water partition coefficient (Wildman–Crippen LogP) is 3.48. The highest BCUT2D eigenvalue weighted by atomic mass is 19.3. The van der Waals surface area contributed by atoms with Crippen molar-refractivity contribution < 1.29 is 22.7 Å². The van der Waals surface area contributed by atoms with E-state index in [-0.39, 0.29) is 6.54 Å². The second-order valence-electron chi connectivity index (χ2n) is 5.36. The molecule has 1 aromatic carbocycles. The Morgan fingerprint density at radius 1 is 1.38 bits per heavy atom. The molecule has 2 aromatic rings. The van der Waals surface area contributed by atoms with Crippen LogP contribution in [0.15, 0.2) is 24.4 Å². The molecule has 2 heterocycles. The van der Waals surface area contributed by atoms with Gasteiger partial charge >= 0.3 is 6.09 Å². The molecule has 24 heavy (non-hydrogen) atoms. The molecule has 3 rings (SSSR count). The van der Waals surface area contributed by atoms with Crippen molar-refractivity contribution in [3.63, 3.8) is 0 Å². The van der Waals surface area contributed by atoms with E-state index >= 15 is 0 Å². The van der Waals surface area contributed by atoms with Crippen LogP contribution in [-0.4, -0.2) is 34.1 Å². The van der Waals surface area contributed by atoms with E-state index in [1.807, 2.05) is 0 Å². The van der Waals surface area contributed by atoms with Gasteiger partial charge in [-0.1, -0.05) is 0 Å². The predicted molar refractivity (Wildman–Crippen MR) is 78.9 cm³/mol. The Labute approximate surface area is 136 Å². The minimum atomic E-state index is -2.91. The second kappa shape index (κ2) is 6.46. The summed E-state index contributed by atoms with van der Waals surface area (Å²) in [6, 6.07) is 3.41. The van der Waals surface area contributed by atoms with Crippen LogP contribution in [-0.2, 0) is 11.3 Å². The number of carbonyl (C=O) groups excluding carboxylic acids is 1. The van der Waals surface area contributed by atoms with Crippen molar-refractivity contribution in [2.24, 2.45) is 0 Å². The highest BCUT2D eigenvalue weighted by Gasteiger charge is 2.23. The molecule has 1 amide bonds. The lowest BCUT2D eigenvalue weighted by atomic mass is 10.1. The van der Waals surface area contributed by atoms with Crippen molar-refractivity contribution in [1.29, 1.82) is 0 Å². The van der Waals surface area contributed by atoms with Crippen LogP contribution in [0, 0.1) is 12.7 Å². The first kappa shape index (κ1) is 16.2. The number of amides is 1. The summed E-state index contributed by atoms with van der Waals surface area (Å²) < 4.78 is 44.0. The summed E-state index contributed by atoms with van der Waals surface area (Å²) in [7, 11) is 0. The Morgan fingerprint density at radius 2 is 2.17 bits per heavy atom. The molecular formula is C16H14F3N3O2. The summed E-state index contributed by atoms with van der Waals surface area (Å²) >= 11 is 0. The zero-order valence-electron chi connectivity index (χ0n) is 12.8. The van der Waals surface area contributed by atoms with E-state index in [9.17, 15) is 18.0 Å². The van der Waals surface area contributed by atoms with E-state index in [2.05, 4.69) is 9.97 Å². The normalized spacial score (nSPS) is 14.4. The fourth-order valence-corrected chi connectivity index (χ4v) is 2.40. The lowest BCUT2D eigenvalue weighted by Gasteiger charge is -2.14. The van der Waals surface area contributed by atoms with Gasteiger partial charge in [-0.15, -0.1) is 0 Å². The first-order valence-electron chi connectivity index (χ1n) is 7.28. The molecule has 0 aliphatic carbocycles. The Hall–Kier alpha value is -2.64. The molecule has 0 N–H and O–H groups in total. The Morgan fingerprint density at radius 3 is 2.83 bits per heavy atom. The SMILES string of the molecule is Cc1ncc(-c2ccc(F)c(C(F)F)c2)nc1CN1CCOC1=O. The van der Waals surface area contributed by atoms with Crippen LogP contribution in [0.5, 0.6) is 0 Å². The number of hydrogen-bond donors (Lipinski definition) is 0. The van der Waals surface area contributed by atoms with Gasteiger partial charge in [0.05, 0.1) is 41.9 Å². The van der Waals surface area contributed by atoms with Crippen LogP contribution in [0.4, 0.5) is 18.0 Å². The van der Waals surface area contributed by atoms with Gasteiger partial charge in [0.1, 0.15) is 12.4 Å². The van der Waals surface area contributed by atoms with Crippen molar-refractivity contribution in [1.82, 2.24) is 14.9 Å². The summed E-state index contributed by atoms with van der Waals surface area (Å²) in [6.45, 7) is 2.73. The average Bonchev–Trinajstić information content (AvgIpc) is 2.95. The number of nitrogens with zero attached hydrogens (tertiary/aromatic N) is 3. The van der Waals surface area contributed by atoms with Crippen molar-refractivity contribution in [2.45, 2.75) is 19.9 Å². The molecule has 0 unspecified atom stereocenters. The van der Waals surface area contributed by atoms with Gasteiger partial charge in [0.15, 0.2) is 0 Å². The number of alkyl halides is 2. The number of rotatable bonds is 4. The molecule has 1 aliphatic rings. The van der Waals surface area contributed by atoms with E-state index in [0.29, 0.717) is 35.8 Å². The zero-order chi connectivity index (χ0) is 17.3. The van der Waals surface area contributed by atoms with Gasteiger partial charge in [0, 0.05) is 5.56 Å². The molecule has 0 saturated carbocycles. The average molecular weight is 337 g/mol. The van der Waals surface area contributed by atoms with Gasteiger partial charge < -0.3 is 4.74 Å². The minimum Gasteiger partial charge on any atom is -0.448 e. The van der Waals surface area contributed by atoms with Crippen molar-refractivity contribution >= 4 is 6.09 Å². The van der Waals surface area contributed by atoms with Crippen LogP contribution in [0.2, 0.25) is 0 Å². The number of benzene rings is 1. The van der Waals surface area contributed by atoms with E-state index < -0.39 is 23.9 Å². The van der Waals surface area contributed by atoms with E-state index in [4.69, 9.17) is 4.74 Å². The maximum Gasteiger partial charge on any atom is 0.410 e. The van der Waals surface area contributed by atoms with Crippen LogP contribution in [0.3, 0.4) is 0 Å². The number of aromatic nitrogens is 2.